The third-order valence-corrected chi connectivity index (χ3v) is 5.26. The molecule has 0 spiro atoms. The third-order valence-electron chi connectivity index (χ3n) is 5.26. The number of anilines is 2. The predicted octanol–water partition coefficient (Wildman–Crippen LogP) is 2.91. The first-order chi connectivity index (χ1) is 15.3. The van der Waals surface area contributed by atoms with Gasteiger partial charge in [0.05, 0.1) is 23.2 Å². The van der Waals surface area contributed by atoms with Gasteiger partial charge in [0.25, 0.3) is 5.56 Å². The number of aromatic nitrogens is 4. The van der Waals surface area contributed by atoms with Crippen LogP contribution in [-0.2, 0) is 12.1 Å². The van der Waals surface area contributed by atoms with Crippen molar-refractivity contribution in [1.29, 1.82) is 0 Å². The number of pyridine rings is 2. The zero-order valence-corrected chi connectivity index (χ0v) is 17.7. The molecule has 0 bridgehead atoms. The van der Waals surface area contributed by atoms with Crippen molar-refractivity contribution in [1.82, 2.24) is 19.5 Å². The number of benzene rings is 1. The van der Waals surface area contributed by atoms with Gasteiger partial charge in [-0.15, -0.1) is 0 Å². The molecular weight excluding hydrogens is 411 g/mol. The summed E-state index contributed by atoms with van der Waals surface area (Å²) in [5.74, 6) is 0.184. The molecule has 4 aromatic rings. The summed E-state index contributed by atoms with van der Waals surface area (Å²) >= 11 is 0. The molecule has 32 heavy (non-hydrogen) atoms. The minimum absolute atomic E-state index is 0.150. The smallest absolute Gasteiger partial charge is 0.262 e. The van der Waals surface area contributed by atoms with Crippen LogP contribution in [0.25, 0.3) is 22.0 Å². The quantitative estimate of drug-likeness (QED) is 0.427. The third kappa shape index (κ3) is 4.15. The van der Waals surface area contributed by atoms with Gasteiger partial charge in [0.2, 0.25) is 5.95 Å². The molecule has 4 rings (SSSR count). The van der Waals surface area contributed by atoms with Crippen molar-refractivity contribution in [3.63, 3.8) is 0 Å². The van der Waals surface area contributed by atoms with E-state index in [-0.39, 0.29) is 30.5 Å². The van der Waals surface area contributed by atoms with Crippen molar-refractivity contribution in [3.8, 4) is 11.3 Å². The number of nitrogens with two attached hydrogens (primary N) is 1. The van der Waals surface area contributed by atoms with E-state index in [1.807, 2.05) is 13.8 Å². The molecule has 0 aliphatic rings. The Balaban J connectivity index is 1.90. The summed E-state index contributed by atoms with van der Waals surface area (Å²) in [6.07, 6.45) is 4.77. The zero-order valence-electron chi connectivity index (χ0n) is 17.7. The lowest BCUT2D eigenvalue weighted by molar-refractivity contribution is 0.274. The molecule has 9 heteroatoms. The van der Waals surface area contributed by atoms with Gasteiger partial charge in [-0.2, -0.15) is 0 Å². The van der Waals surface area contributed by atoms with Gasteiger partial charge in [-0.25, -0.2) is 19.3 Å². The van der Waals surface area contributed by atoms with E-state index in [0.717, 1.165) is 5.56 Å². The number of nitrogens with zero attached hydrogens (tertiary/aromatic N) is 4. The number of aliphatic hydroxyl groups is 1. The number of aliphatic hydroxyl groups excluding tert-OH is 1. The Labute approximate surface area is 183 Å². The number of rotatable bonds is 6. The second-order valence-corrected chi connectivity index (χ2v) is 7.95. The van der Waals surface area contributed by atoms with Crippen LogP contribution in [-0.4, -0.2) is 31.2 Å². The van der Waals surface area contributed by atoms with Crippen LogP contribution in [0.5, 0.6) is 0 Å². The number of nitrogen functional groups attached to an aromatic ring is 1. The van der Waals surface area contributed by atoms with E-state index in [4.69, 9.17) is 10.7 Å². The molecule has 0 radical (unpaired) electrons. The van der Waals surface area contributed by atoms with Crippen molar-refractivity contribution in [3.05, 3.63) is 76.7 Å². The van der Waals surface area contributed by atoms with Gasteiger partial charge in [-0.05, 0) is 49.1 Å². The van der Waals surface area contributed by atoms with Crippen LogP contribution in [0.1, 0.15) is 19.4 Å². The molecule has 3 aromatic heterocycles. The Morgan fingerprint density at radius 1 is 1.16 bits per heavy atom. The van der Waals surface area contributed by atoms with Gasteiger partial charge >= 0.3 is 0 Å². The van der Waals surface area contributed by atoms with Gasteiger partial charge in [0.1, 0.15) is 11.6 Å². The lowest BCUT2D eigenvalue weighted by atomic mass is 9.94. The van der Waals surface area contributed by atoms with Crippen molar-refractivity contribution < 1.29 is 9.50 Å². The second kappa shape index (κ2) is 8.35. The van der Waals surface area contributed by atoms with Gasteiger partial charge in [0.15, 0.2) is 0 Å². The number of nitrogens with one attached hydrogen (secondary N) is 1. The average Bonchev–Trinajstić information content (AvgIpc) is 2.76. The summed E-state index contributed by atoms with van der Waals surface area (Å²) in [5.41, 5.74) is 6.68. The Hall–Kier alpha value is -3.85. The average molecular weight is 434 g/mol. The summed E-state index contributed by atoms with van der Waals surface area (Å²) in [5, 5.41) is 13.7. The van der Waals surface area contributed by atoms with Crippen LogP contribution in [0.3, 0.4) is 0 Å². The van der Waals surface area contributed by atoms with Crippen LogP contribution >= 0.6 is 0 Å². The maximum absolute atomic E-state index is 13.4. The van der Waals surface area contributed by atoms with Crippen LogP contribution in [0, 0.1) is 5.82 Å². The van der Waals surface area contributed by atoms with Crippen LogP contribution < -0.4 is 16.6 Å². The minimum Gasteiger partial charge on any atom is -0.395 e. The van der Waals surface area contributed by atoms with Gasteiger partial charge in [0, 0.05) is 30.7 Å². The molecule has 4 N–H and O–H groups in total. The summed E-state index contributed by atoms with van der Waals surface area (Å²) in [7, 11) is 0. The van der Waals surface area contributed by atoms with Crippen LogP contribution in [0.2, 0.25) is 0 Å². The molecule has 0 saturated carbocycles. The van der Waals surface area contributed by atoms with E-state index in [0.29, 0.717) is 27.8 Å². The van der Waals surface area contributed by atoms with E-state index < -0.39 is 5.54 Å². The number of hydrogen-bond acceptors (Lipinski definition) is 7. The summed E-state index contributed by atoms with van der Waals surface area (Å²) in [6.45, 7) is 3.84. The van der Waals surface area contributed by atoms with Gasteiger partial charge in [-0.1, -0.05) is 12.1 Å². The first-order valence-corrected chi connectivity index (χ1v) is 10.1. The largest absolute Gasteiger partial charge is 0.395 e. The van der Waals surface area contributed by atoms with E-state index in [1.165, 1.54) is 16.7 Å². The fourth-order valence-corrected chi connectivity index (χ4v) is 3.53. The first-order valence-electron chi connectivity index (χ1n) is 10.1. The SMILES string of the molecule is CC(C)(Nc1nc(-c2cnc(N)nc2)cc2ccn(CCO)c(=O)c12)c1ccc(F)cc1. The molecule has 0 atom stereocenters. The van der Waals surface area contributed by atoms with Crippen LogP contribution in [0.15, 0.2) is 59.8 Å². The lowest BCUT2D eigenvalue weighted by Gasteiger charge is -2.28. The summed E-state index contributed by atoms with van der Waals surface area (Å²) in [6, 6.07) is 9.73. The van der Waals surface area contributed by atoms with Gasteiger partial charge in [-0.3, -0.25) is 4.79 Å². The minimum atomic E-state index is -0.673. The molecule has 1 aromatic carbocycles. The maximum Gasteiger partial charge on any atom is 0.262 e. The molecule has 164 valence electrons. The van der Waals surface area contributed by atoms with Gasteiger partial charge < -0.3 is 20.7 Å². The second-order valence-electron chi connectivity index (χ2n) is 7.95. The number of fused-ring (bicyclic) bond motifs is 1. The molecule has 3 heterocycles. The number of hydrogen-bond donors (Lipinski definition) is 3. The Bertz CT molecular complexity index is 1320. The molecular formula is C23H23FN6O2. The lowest BCUT2D eigenvalue weighted by Crippen LogP contribution is -2.30. The normalized spacial score (nSPS) is 11.6. The summed E-state index contributed by atoms with van der Waals surface area (Å²) in [4.78, 5) is 25.9. The Morgan fingerprint density at radius 3 is 2.50 bits per heavy atom. The van der Waals surface area contributed by atoms with Crippen molar-refractivity contribution in [2.24, 2.45) is 0 Å². The highest BCUT2D eigenvalue weighted by Gasteiger charge is 2.24. The van der Waals surface area contributed by atoms with Crippen molar-refractivity contribution in [2.75, 3.05) is 17.7 Å². The fourth-order valence-electron chi connectivity index (χ4n) is 3.53. The van der Waals surface area contributed by atoms with Crippen LogP contribution in [0.4, 0.5) is 16.2 Å². The molecule has 0 aliphatic heterocycles. The standard InChI is InChI=1S/C23H23FN6O2/c1-23(2,16-3-5-17(24)6-4-16)29-20-19-14(7-8-30(9-10-31)21(19)32)11-18(28-20)15-12-26-22(25)27-13-15/h3-8,11-13,31H,9-10H2,1-2H3,(H,28,29)(H2,25,26,27). The zero-order chi connectivity index (χ0) is 22.9. The Morgan fingerprint density at radius 2 is 1.84 bits per heavy atom. The van der Waals surface area contributed by atoms with E-state index >= 15 is 0 Å². The molecule has 8 nitrogen and oxygen atoms in total. The van der Waals surface area contributed by atoms with Crippen molar-refractivity contribution >= 4 is 22.5 Å². The predicted molar refractivity (Wildman–Crippen MR) is 122 cm³/mol. The molecule has 0 unspecified atom stereocenters. The van der Waals surface area contributed by atoms with Crippen molar-refractivity contribution in [2.45, 2.75) is 25.9 Å². The maximum atomic E-state index is 13.4. The van der Waals surface area contributed by atoms with E-state index in [9.17, 15) is 14.3 Å². The number of halogens is 1. The van der Waals surface area contributed by atoms with E-state index in [1.54, 1.807) is 42.9 Å². The molecule has 0 fully saturated rings. The molecule has 0 aliphatic carbocycles. The monoisotopic (exact) mass is 434 g/mol. The molecule has 0 amide bonds. The van der Waals surface area contributed by atoms with E-state index in [2.05, 4.69) is 15.3 Å². The molecule has 0 saturated heterocycles. The first kappa shape index (κ1) is 21.4. The fraction of sp³-hybridized carbons (Fsp3) is 0.217. The highest BCUT2D eigenvalue weighted by Crippen LogP contribution is 2.31. The summed E-state index contributed by atoms with van der Waals surface area (Å²) < 4.78 is 14.9. The topological polar surface area (TPSA) is 119 Å². The highest BCUT2D eigenvalue weighted by molar-refractivity contribution is 5.94. The Kier molecular flexibility index (Phi) is 5.58. The highest BCUT2D eigenvalue weighted by atomic mass is 19.1.